The van der Waals surface area contributed by atoms with E-state index in [0.717, 1.165) is 27.6 Å². The number of imide groups is 1. The zero-order chi connectivity index (χ0) is 25.1. The Kier molecular flexibility index (Phi) is 5.56. The number of benzene rings is 2. The first kappa shape index (κ1) is 23.3. The number of amides is 3. The number of fused-ring (bicyclic) bond motifs is 2. The third-order valence-electron chi connectivity index (χ3n) is 6.40. The molecule has 3 aliphatic rings. The Labute approximate surface area is 203 Å². The zero-order valence-corrected chi connectivity index (χ0v) is 19.6. The van der Waals surface area contributed by atoms with E-state index >= 15 is 0 Å². The monoisotopic (exact) mass is 500 g/mol. The molecule has 11 heteroatoms. The summed E-state index contributed by atoms with van der Waals surface area (Å²) in [5.74, 6) is -3.30. The van der Waals surface area contributed by atoms with Crippen molar-refractivity contribution in [3.05, 3.63) is 65.0 Å². The van der Waals surface area contributed by atoms with E-state index in [9.17, 15) is 28.7 Å². The van der Waals surface area contributed by atoms with Crippen LogP contribution in [0.5, 0.6) is 5.75 Å². The van der Waals surface area contributed by atoms with Crippen LogP contribution in [0.3, 0.4) is 0 Å². The molecule has 2 saturated heterocycles. The molecule has 2 aromatic carbocycles. The van der Waals surface area contributed by atoms with Gasteiger partial charge in [0.1, 0.15) is 35.2 Å². The second-order valence-electron chi connectivity index (χ2n) is 8.75. The Morgan fingerprint density at radius 2 is 1.89 bits per heavy atom. The summed E-state index contributed by atoms with van der Waals surface area (Å²) in [6.07, 6.45) is 0. The van der Waals surface area contributed by atoms with Crippen LogP contribution in [0.2, 0.25) is 0 Å². The van der Waals surface area contributed by atoms with Crippen LogP contribution >= 0.6 is 11.8 Å². The summed E-state index contributed by atoms with van der Waals surface area (Å²) < 4.78 is 24.7. The molecular formula is C24H21FN2O7S. The fraction of sp³-hybridized carbons (Fsp3) is 0.333. The number of hydrogen-bond donors (Lipinski definition) is 1. The zero-order valence-electron chi connectivity index (χ0n) is 18.8. The third kappa shape index (κ3) is 3.57. The van der Waals surface area contributed by atoms with E-state index in [1.54, 1.807) is 24.3 Å². The number of ether oxygens (including phenoxy) is 2. The summed E-state index contributed by atoms with van der Waals surface area (Å²) in [5, 5.41) is 10.1. The van der Waals surface area contributed by atoms with Crippen LogP contribution in [-0.4, -0.2) is 74.5 Å². The smallest absolute Gasteiger partial charge is 0.332 e. The minimum atomic E-state index is -1.60. The first-order chi connectivity index (χ1) is 16.7. The van der Waals surface area contributed by atoms with Crippen molar-refractivity contribution in [2.45, 2.75) is 36.6 Å². The molecule has 0 saturated carbocycles. The third-order valence-corrected chi connectivity index (χ3v) is 7.98. The lowest BCUT2D eigenvalue weighted by molar-refractivity contribution is -0.180. The first-order valence-electron chi connectivity index (χ1n) is 10.8. The molecule has 5 rings (SSSR count). The van der Waals surface area contributed by atoms with E-state index < -0.39 is 52.6 Å². The first-order valence-corrected chi connectivity index (χ1v) is 11.8. The number of carbonyl (C=O) groups is 4. The molecule has 35 heavy (non-hydrogen) atoms. The summed E-state index contributed by atoms with van der Waals surface area (Å²) in [6, 6.07) is 8.04. The maximum atomic E-state index is 14.2. The highest BCUT2D eigenvalue weighted by atomic mass is 32.2. The van der Waals surface area contributed by atoms with Gasteiger partial charge < -0.3 is 19.5 Å². The number of esters is 1. The van der Waals surface area contributed by atoms with E-state index in [2.05, 4.69) is 0 Å². The van der Waals surface area contributed by atoms with Gasteiger partial charge in [-0.05, 0) is 36.8 Å². The van der Waals surface area contributed by atoms with Gasteiger partial charge in [0.25, 0.3) is 17.7 Å². The van der Waals surface area contributed by atoms with Crippen molar-refractivity contribution in [1.82, 2.24) is 9.80 Å². The molecule has 0 aromatic heterocycles. The van der Waals surface area contributed by atoms with Gasteiger partial charge in [-0.2, -0.15) is 0 Å². The van der Waals surface area contributed by atoms with E-state index in [-0.39, 0.29) is 23.5 Å². The normalized spacial score (nSPS) is 27.3. The molecule has 4 atom stereocenters. The fourth-order valence-electron chi connectivity index (χ4n) is 4.62. The largest absolute Gasteiger partial charge is 0.497 e. The van der Waals surface area contributed by atoms with Crippen molar-refractivity contribution >= 4 is 35.5 Å². The highest BCUT2D eigenvalue weighted by Crippen LogP contribution is 2.46. The van der Waals surface area contributed by atoms with Crippen molar-refractivity contribution in [1.29, 1.82) is 0 Å². The van der Waals surface area contributed by atoms with E-state index in [4.69, 9.17) is 9.47 Å². The molecule has 182 valence electrons. The predicted molar refractivity (Wildman–Crippen MR) is 121 cm³/mol. The van der Waals surface area contributed by atoms with Crippen LogP contribution in [0.1, 0.15) is 33.2 Å². The number of thioether (sulfide) groups is 1. The van der Waals surface area contributed by atoms with Crippen LogP contribution in [-0.2, 0) is 20.9 Å². The molecule has 3 heterocycles. The molecule has 2 unspecified atom stereocenters. The molecule has 2 fully saturated rings. The maximum Gasteiger partial charge on any atom is 0.332 e. The van der Waals surface area contributed by atoms with Crippen molar-refractivity contribution in [2.75, 3.05) is 12.9 Å². The van der Waals surface area contributed by atoms with Crippen LogP contribution in [0.4, 0.5) is 4.39 Å². The molecule has 1 N–H and O–H groups in total. The number of methoxy groups -OCH3 is 1. The van der Waals surface area contributed by atoms with Gasteiger partial charge in [-0.3, -0.25) is 19.3 Å². The number of halogens is 1. The number of rotatable bonds is 5. The Balaban J connectivity index is 1.35. The van der Waals surface area contributed by atoms with E-state index in [1.807, 2.05) is 0 Å². The molecular weight excluding hydrogens is 479 g/mol. The molecule has 2 aromatic rings. The Bertz CT molecular complexity index is 1250. The molecule has 3 aliphatic heterocycles. The lowest BCUT2D eigenvalue weighted by atomic mass is 9.90. The highest BCUT2D eigenvalue weighted by Gasteiger charge is 2.65. The molecule has 0 bridgehead atoms. The van der Waals surface area contributed by atoms with Gasteiger partial charge in [-0.25, -0.2) is 9.18 Å². The highest BCUT2D eigenvalue weighted by molar-refractivity contribution is 8.00. The van der Waals surface area contributed by atoms with Gasteiger partial charge in [-0.15, -0.1) is 11.8 Å². The van der Waals surface area contributed by atoms with Crippen molar-refractivity contribution in [3.8, 4) is 5.75 Å². The van der Waals surface area contributed by atoms with Crippen molar-refractivity contribution in [3.63, 3.8) is 0 Å². The van der Waals surface area contributed by atoms with Gasteiger partial charge in [0.2, 0.25) is 0 Å². The average Bonchev–Trinajstić information content (AvgIpc) is 3.08. The standard InChI is InChI=1S/C24H21FN2O7S/c1-24(32)11-35-22-17(26-19(28)14-4-3-5-15(25)16(14)20(26)29)21(30)27(22)18(24)23(31)34-10-12-6-8-13(33-2)9-7-12/h3-9,17-18,22,32H,10-11H2,1-2H3/t17?,18?,22-,24+/m0/s1. The van der Waals surface area contributed by atoms with Crippen LogP contribution in [0, 0.1) is 5.82 Å². The number of carbonyl (C=O) groups excluding carboxylic acids is 4. The van der Waals surface area contributed by atoms with Crippen LogP contribution < -0.4 is 4.74 Å². The van der Waals surface area contributed by atoms with Crippen LogP contribution in [0.25, 0.3) is 0 Å². The summed E-state index contributed by atoms with van der Waals surface area (Å²) in [5.41, 5.74) is -1.40. The number of hydrogen-bond acceptors (Lipinski definition) is 8. The lowest BCUT2D eigenvalue weighted by Gasteiger charge is -2.57. The van der Waals surface area contributed by atoms with E-state index in [0.29, 0.717) is 11.3 Å². The molecule has 0 spiro atoms. The number of nitrogens with zero attached hydrogens (tertiary/aromatic N) is 2. The maximum absolute atomic E-state index is 14.2. The molecule has 3 amide bonds. The lowest BCUT2D eigenvalue weighted by Crippen LogP contribution is -2.79. The quantitative estimate of drug-likeness (QED) is 0.374. The fourth-order valence-corrected chi connectivity index (χ4v) is 6.10. The van der Waals surface area contributed by atoms with Crippen molar-refractivity contribution < 1.29 is 38.1 Å². The van der Waals surface area contributed by atoms with Gasteiger partial charge >= 0.3 is 5.97 Å². The predicted octanol–water partition coefficient (Wildman–Crippen LogP) is 1.58. The molecule has 0 radical (unpaired) electrons. The van der Waals surface area contributed by atoms with Crippen molar-refractivity contribution in [2.24, 2.45) is 0 Å². The summed E-state index contributed by atoms with van der Waals surface area (Å²) >= 11 is 1.14. The number of β-lactam (4-membered cyclic amide) rings is 1. The van der Waals surface area contributed by atoms with E-state index in [1.165, 1.54) is 26.2 Å². The summed E-state index contributed by atoms with van der Waals surface area (Å²) in [7, 11) is 1.53. The Hall–Kier alpha value is -3.44. The Morgan fingerprint density at radius 1 is 1.17 bits per heavy atom. The minimum Gasteiger partial charge on any atom is -0.497 e. The minimum absolute atomic E-state index is 0.0534. The SMILES string of the molecule is COc1ccc(COC(=O)C2N3C(=O)C(N4C(=O)c5cccc(F)c5C4=O)[C@@H]3SC[C@@]2(C)O)cc1. The molecule has 9 nitrogen and oxygen atoms in total. The summed E-state index contributed by atoms with van der Waals surface area (Å²) in [6.45, 7) is 1.34. The molecule has 0 aliphatic carbocycles. The van der Waals surface area contributed by atoms with Gasteiger partial charge in [0, 0.05) is 5.75 Å². The second-order valence-corrected chi connectivity index (χ2v) is 9.86. The van der Waals surface area contributed by atoms with Gasteiger partial charge in [0.15, 0.2) is 6.04 Å². The van der Waals surface area contributed by atoms with Crippen LogP contribution in [0.15, 0.2) is 42.5 Å². The Morgan fingerprint density at radius 3 is 2.54 bits per heavy atom. The second kappa shape index (κ2) is 8.35. The summed E-state index contributed by atoms with van der Waals surface area (Å²) in [4.78, 5) is 53.9. The number of aliphatic hydroxyl groups is 1. The van der Waals surface area contributed by atoms with Gasteiger partial charge in [-0.1, -0.05) is 18.2 Å². The average molecular weight is 501 g/mol. The van der Waals surface area contributed by atoms with Gasteiger partial charge in [0.05, 0.1) is 18.2 Å². The topological polar surface area (TPSA) is 113 Å².